The van der Waals surface area contributed by atoms with E-state index in [1.807, 2.05) is 4.72 Å². The summed E-state index contributed by atoms with van der Waals surface area (Å²) in [5.41, 5.74) is -1.19. The van der Waals surface area contributed by atoms with Crippen LogP contribution in [0, 0.1) is 0 Å². The van der Waals surface area contributed by atoms with E-state index in [0.717, 1.165) is 6.07 Å². The number of benzene rings is 1. The summed E-state index contributed by atoms with van der Waals surface area (Å²) in [4.78, 5) is -0.768. The van der Waals surface area contributed by atoms with E-state index >= 15 is 0 Å². The first-order valence-corrected chi connectivity index (χ1v) is 8.20. The van der Waals surface area contributed by atoms with Gasteiger partial charge in [0.2, 0.25) is 10.0 Å². The van der Waals surface area contributed by atoms with Crippen molar-refractivity contribution >= 4 is 21.6 Å². The standard InChI is InChI=1S/C12H12ClF6NO3S/c13-9-3-2-8(12(17,18)19)6-10(9)24(21,22)20-4-1-5-23-7-11(14,15)16/h2-3,6,20H,1,4-5,7H2. The molecular weight excluding hydrogens is 388 g/mol. The van der Waals surface area contributed by atoms with Gasteiger partial charge in [-0.25, -0.2) is 13.1 Å². The van der Waals surface area contributed by atoms with Crippen molar-refractivity contribution in [3.05, 3.63) is 28.8 Å². The molecule has 138 valence electrons. The Bertz CT molecular complexity index is 660. The van der Waals surface area contributed by atoms with Crippen LogP contribution in [0.3, 0.4) is 0 Å². The molecule has 0 radical (unpaired) electrons. The van der Waals surface area contributed by atoms with Gasteiger partial charge < -0.3 is 4.74 Å². The zero-order chi connectivity index (χ0) is 18.6. The molecular formula is C12H12ClF6NO3S. The van der Waals surface area contributed by atoms with Crippen LogP contribution >= 0.6 is 11.6 Å². The van der Waals surface area contributed by atoms with Crippen molar-refractivity contribution in [1.29, 1.82) is 0 Å². The van der Waals surface area contributed by atoms with Crippen molar-refractivity contribution < 1.29 is 39.5 Å². The van der Waals surface area contributed by atoms with E-state index in [-0.39, 0.29) is 19.6 Å². The molecule has 0 heterocycles. The van der Waals surface area contributed by atoms with Crippen molar-refractivity contribution in [2.24, 2.45) is 0 Å². The monoisotopic (exact) mass is 399 g/mol. The fourth-order valence-corrected chi connectivity index (χ4v) is 3.13. The van der Waals surface area contributed by atoms with Gasteiger partial charge in [-0.15, -0.1) is 0 Å². The first-order chi connectivity index (χ1) is 10.8. The normalized spacial score (nSPS) is 13.3. The van der Waals surface area contributed by atoms with E-state index in [1.165, 1.54) is 0 Å². The number of hydrogen-bond acceptors (Lipinski definition) is 3. The summed E-state index contributed by atoms with van der Waals surface area (Å²) in [7, 11) is -4.35. The van der Waals surface area contributed by atoms with Gasteiger partial charge in [0.25, 0.3) is 0 Å². The molecule has 0 saturated heterocycles. The van der Waals surface area contributed by atoms with Crippen molar-refractivity contribution in [3.8, 4) is 0 Å². The van der Waals surface area contributed by atoms with Crippen LogP contribution in [0.5, 0.6) is 0 Å². The number of hydrogen-bond donors (Lipinski definition) is 1. The van der Waals surface area contributed by atoms with Crippen LogP contribution in [-0.2, 0) is 20.9 Å². The second-order valence-corrected chi connectivity index (χ2v) is 6.70. The van der Waals surface area contributed by atoms with E-state index in [2.05, 4.69) is 4.74 Å². The summed E-state index contributed by atoms with van der Waals surface area (Å²) in [6.07, 6.45) is -9.35. The van der Waals surface area contributed by atoms with E-state index in [4.69, 9.17) is 11.6 Å². The summed E-state index contributed by atoms with van der Waals surface area (Å²) >= 11 is 5.61. The molecule has 0 fully saturated rings. The average Bonchev–Trinajstić information content (AvgIpc) is 2.40. The second-order valence-electron chi connectivity index (χ2n) is 4.56. The van der Waals surface area contributed by atoms with Gasteiger partial charge >= 0.3 is 12.4 Å². The highest BCUT2D eigenvalue weighted by atomic mass is 35.5. The molecule has 1 aromatic rings. The maximum Gasteiger partial charge on any atom is 0.416 e. The van der Waals surface area contributed by atoms with Crippen molar-refractivity contribution in [2.75, 3.05) is 19.8 Å². The molecule has 0 saturated carbocycles. The molecule has 4 nitrogen and oxygen atoms in total. The van der Waals surface area contributed by atoms with Crippen molar-refractivity contribution in [2.45, 2.75) is 23.7 Å². The molecule has 0 aliphatic heterocycles. The lowest BCUT2D eigenvalue weighted by molar-refractivity contribution is -0.173. The lowest BCUT2D eigenvalue weighted by atomic mass is 10.2. The van der Waals surface area contributed by atoms with Gasteiger partial charge in [0.15, 0.2) is 0 Å². The van der Waals surface area contributed by atoms with Crippen LogP contribution in [0.25, 0.3) is 0 Å². The summed E-state index contributed by atoms with van der Waals surface area (Å²) in [6, 6.07) is 1.81. The minimum Gasteiger partial charge on any atom is -0.372 e. The van der Waals surface area contributed by atoms with Gasteiger partial charge in [-0.2, -0.15) is 26.3 Å². The lowest BCUT2D eigenvalue weighted by Gasteiger charge is -2.12. The van der Waals surface area contributed by atoms with Crippen LogP contribution in [0.15, 0.2) is 23.1 Å². The predicted molar refractivity (Wildman–Crippen MR) is 73.1 cm³/mol. The van der Waals surface area contributed by atoms with Crippen LogP contribution in [-0.4, -0.2) is 34.4 Å². The summed E-state index contributed by atoms with van der Waals surface area (Å²) in [5.74, 6) is 0. The Balaban J connectivity index is 2.66. The summed E-state index contributed by atoms with van der Waals surface area (Å²) < 4.78 is 103. The maximum absolute atomic E-state index is 12.6. The van der Waals surface area contributed by atoms with E-state index < -0.39 is 44.5 Å². The highest BCUT2D eigenvalue weighted by Crippen LogP contribution is 2.33. The SMILES string of the molecule is O=S(=O)(NCCCOCC(F)(F)F)c1cc(C(F)(F)F)ccc1Cl. The first kappa shape index (κ1) is 21.0. The fraction of sp³-hybridized carbons (Fsp3) is 0.500. The van der Waals surface area contributed by atoms with E-state index in [9.17, 15) is 34.8 Å². The Labute approximate surface area is 138 Å². The average molecular weight is 400 g/mol. The van der Waals surface area contributed by atoms with Crippen LogP contribution in [0.4, 0.5) is 26.3 Å². The maximum atomic E-state index is 12.6. The summed E-state index contributed by atoms with van der Waals surface area (Å²) in [5, 5.41) is -0.413. The Kier molecular flexibility index (Phi) is 6.91. The van der Waals surface area contributed by atoms with Gasteiger partial charge in [0.05, 0.1) is 10.6 Å². The number of sulfonamides is 1. The zero-order valence-electron chi connectivity index (χ0n) is 11.8. The van der Waals surface area contributed by atoms with Crippen LogP contribution in [0.2, 0.25) is 5.02 Å². The third-order valence-corrected chi connectivity index (χ3v) is 4.51. The molecule has 0 aromatic heterocycles. The highest BCUT2D eigenvalue weighted by molar-refractivity contribution is 7.89. The molecule has 1 aromatic carbocycles. The topological polar surface area (TPSA) is 55.4 Å². The van der Waals surface area contributed by atoms with Gasteiger partial charge in [0.1, 0.15) is 11.5 Å². The zero-order valence-corrected chi connectivity index (χ0v) is 13.4. The van der Waals surface area contributed by atoms with Gasteiger partial charge in [-0.1, -0.05) is 11.6 Å². The number of nitrogens with one attached hydrogen (secondary N) is 1. The minimum absolute atomic E-state index is 0.105. The fourth-order valence-electron chi connectivity index (χ4n) is 1.53. The molecule has 24 heavy (non-hydrogen) atoms. The molecule has 0 bridgehead atoms. The largest absolute Gasteiger partial charge is 0.416 e. The van der Waals surface area contributed by atoms with Crippen LogP contribution in [0.1, 0.15) is 12.0 Å². The second kappa shape index (κ2) is 7.89. The molecule has 0 atom stereocenters. The first-order valence-electron chi connectivity index (χ1n) is 6.34. The van der Waals surface area contributed by atoms with E-state index in [1.54, 1.807) is 0 Å². The smallest absolute Gasteiger partial charge is 0.372 e. The molecule has 0 amide bonds. The highest BCUT2D eigenvalue weighted by Gasteiger charge is 2.32. The molecule has 0 aliphatic rings. The van der Waals surface area contributed by atoms with Crippen LogP contribution < -0.4 is 4.72 Å². The Morgan fingerprint density at radius 3 is 2.29 bits per heavy atom. The molecule has 1 N–H and O–H groups in total. The number of rotatable bonds is 7. The quantitative estimate of drug-likeness (QED) is 0.563. The predicted octanol–water partition coefficient (Wildman–Crippen LogP) is 3.61. The number of alkyl halides is 6. The molecule has 1 rings (SSSR count). The molecule has 12 heteroatoms. The Morgan fingerprint density at radius 2 is 1.75 bits per heavy atom. The minimum atomic E-state index is -4.75. The third-order valence-electron chi connectivity index (χ3n) is 2.57. The molecule has 0 spiro atoms. The molecule has 0 aliphatic carbocycles. The Morgan fingerprint density at radius 1 is 1.12 bits per heavy atom. The van der Waals surface area contributed by atoms with Crippen molar-refractivity contribution in [3.63, 3.8) is 0 Å². The summed E-state index contributed by atoms with van der Waals surface area (Å²) in [6.45, 7) is -2.18. The Hall–Kier alpha value is -1.04. The number of halogens is 7. The number of ether oxygens (including phenoxy) is 1. The lowest BCUT2D eigenvalue weighted by Crippen LogP contribution is -2.27. The van der Waals surface area contributed by atoms with Crippen molar-refractivity contribution in [1.82, 2.24) is 4.72 Å². The van der Waals surface area contributed by atoms with E-state index in [0.29, 0.717) is 12.1 Å². The third kappa shape index (κ3) is 6.83. The van der Waals surface area contributed by atoms with Gasteiger partial charge in [-0.3, -0.25) is 0 Å². The molecule has 0 unspecified atom stereocenters. The van der Waals surface area contributed by atoms with Gasteiger partial charge in [-0.05, 0) is 24.6 Å². The van der Waals surface area contributed by atoms with Gasteiger partial charge in [0, 0.05) is 13.2 Å².